The predicted octanol–water partition coefficient (Wildman–Crippen LogP) is 2.66. The number of carbonyl (C=O) groups is 2. The molecule has 110 valence electrons. The molecule has 0 aromatic carbocycles. The van der Waals surface area contributed by atoms with Gasteiger partial charge in [0, 0.05) is 10.4 Å². The van der Waals surface area contributed by atoms with Gasteiger partial charge in [0.1, 0.15) is 12.6 Å². The molecule has 0 spiro atoms. The van der Waals surface area contributed by atoms with Crippen molar-refractivity contribution in [3.8, 4) is 0 Å². The van der Waals surface area contributed by atoms with Gasteiger partial charge in [-0.15, -0.1) is 11.3 Å². The topological polar surface area (TPSA) is 66.8 Å². The average Bonchev–Trinajstić information content (AvgIpc) is 2.73. The van der Waals surface area contributed by atoms with Gasteiger partial charge in [-0.25, -0.2) is 4.79 Å². The molecule has 1 amide bonds. The minimum absolute atomic E-state index is 0.190. The Kier molecular flexibility index (Phi) is 4.22. The third-order valence-electron chi connectivity index (χ3n) is 3.07. The van der Waals surface area contributed by atoms with Crippen LogP contribution in [0.2, 0.25) is 0 Å². The highest BCUT2D eigenvalue weighted by atomic mass is 79.9. The SMILES string of the molecule is CC(C)(C)N1C(=O)COC(C(=O)O)C1c1ccc(Br)s1. The number of hydrogen-bond donors (Lipinski definition) is 1. The first-order valence-corrected chi connectivity index (χ1v) is 7.74. The quantitative estimate of drug-likeness (QED) is 0.879. The molecule has 2 rings (SSSR count). The first-order valence-electron chi connectivity index (χ1n) is 6.13. The number of thiophene rings is 1. The van der Waals surface area contributed by atoms with Crippen molar-refractivity contribution in [2.75, 3.05) is 6.61 Å². The van der Waals surface area contributed by atoms with Gasteiger partial charge < -0.3 is 14.7 Å². The van der Waals surface area contributed by atoms with Crippen LogP contribution in [0.5, 0.6) is 0 Å². The van der Waals surface area contributed by atoms with Crippen LogP contribution in [0.3, 0.4) is 0 Å². The third kappa shape index (κ3) is 2.89. The Hall–Kier alpha value is -0.920. The molecule has 1 saturated heterocycles. The van der Waals surface area contributed by atoms with Crippen molar-refractivity contribution in [1.29, 1.82) is 0 Å². The molecular weight excluding hydrogens is 346 g/mol. The second-order valence-electron chi connectivity index (χ2n) is 5.59. The number of morpholine rings is 1. The van der Waals surface area contributed by atoms with Gasteiger partial charge in [0.15, 0.2) is 6.10 Å². The van der Waals surface area contributed by atoms with E-state index in [0.29, 0.717) is 0 Å². The summed E-state index contributed by atoms with van der Waals surface area (Å²) in [5.74, 6) is -1.24. The molecular formula is C13H16BrNO4S. The molecule has 0 bridgehead atoms. The molecule has 0 radical (unpaired) electrons. The van der Waals surface area contributed by atoms with Crippen molar-refractivity contribution in [3.05, 3.63) is 20.8 Å². The maximum Gasteiger partial charge on any atom is 0.335 e. The summed E-state index contributed by atoms with van der Waals surface area (Å²) in [7, 11) is 0. The van der Waals surface area contributed by atoms with Gasteiger partial charge in [0.05, 0.1) is 3.79 Å². The van der Waals surface area contributed by atoms with Crippen LogP contribution in [0.4, 0.5) is 0 Å². The molecule has 7 heteroatoms. The Morgan fingerprint density at radius 2 is 2.15 bits per heavy atom. The van der Waals surface area contributed by atoms with Gasteiger partial charge in [0.25, 0.3) is 0 Å². The summed E-state index contributed by atoms with van der Waals surface area (Å²) in [5.41, 5.74) is -0.476. The molecule has 1 aliphatic heterocycles. The Balaban J connectivity index is 2.50. The van der Waals surface area contributed by atoms with Crippen LogP contribution in [-0.2, 0) is 14.3 Å². The molecule has 2 heterocycles. The van der Waals surface area contributed by atoms with Gasteiger partial charge in [-0.2, -0.15) is 0 Å². The van der Waals surface area contributed by atoms with Crippen molar-refractivity contribution in [1.82, 2.24) is 4.90 Å². The van der Waals surface area contributed by atoms with Crippen molar-refractivity contribution < 1.29 is 19.4 Å². The molecule has 0 saturated carbocycles. The molecule has 2 unspecified atom stereocenters. The molecule has 0 aliphatic carbocycles. The van der Waals surface area contributed by atoms with Crippen LogP contribution in [0, 0.1) is 0 Å². The Morgan fingerprint density at radius 1 is 1.50 bits per heavy atom. The van der Waals surface area contributed by atoms with Crippen molar-refractivity contribution >= 4 is 39.1 Å². The highest BCUT2D eigenvalue weighted by molar-refractivity contribution is 9.11. The maximum atomic E-state index is 12.2. The summed E-state index contributed by atoms with van der Waals surface area (Å²) in [6.45, 7) is 5.48. The lowest BCUT2D eigenvalue weighted by Gasteiger charge is -2.46. The number of nitrogens with zero attached hydrogens (tertiary/aromatic N) is 1. The number of amides is 1. The van der Waals surface area contributed by atoms with E-state index in [0.717, 1.165) is 8.66 Å². The van der Waals surface area contributed by atoms with Crippen LogP contribution in [0.25, 0.3) is 0 Å². The summed E-state index contributed by atoms with van der Waals surface area (Å²) in [4.78, 5) is 26.1. The van der Waals surface area contributed by atoms with Gasteiger partial charge in [-0.1, -0.05) is 0 Å². The number of aliphatic carboxylic acids is 1. The monoisotopic (exact) mass is 361 g/mol. The molecule has 1 fully saturated rings. The Morgan fingerprint density at radius 3 is 2.60 bits per heavy atom. The molecule has 2 atom stereocenters. The van der Waals surface area contributed by atoms with E-state index in [9.17, 15) is 14.7 Å². The van der Waals surface area contributed by atoms with Crippen LogP contribution in [-0.4, -0.2) is 40.1 Å². The van der Waals surface area contributed by atoms with Crippen molar-refractivity contribution in [2.24, 2.45) is 0 Å². The molecule has 20 heavy (non-hydrogen) atoms. The second-order valence-corrected chi connectivity index (χ2v) is 8.09. The minimum atomic E-state index is -1.05. The van der Waals surface area contributed by atoms with Crippen LogP contribution in [0.1, 0.15) is 31.7 Å². The minimum Gasteiger partial charge on any atom is -0.479 e. The van der Waals surface area contributed by atoms with Crippen molar-refractivity contribution in [2.45, 2.75) is 38.5 Å². The molecule has 1 aromatic rings. The average molecular weight is 362 g/mol. The number of hydrogen-bond acceptors (Lipinski definition) is 4. The molecule has 5 nitrogen and oxygen atoms in total. The Labute approximate surface area is 129 Å². The lowest BCUT2D eigenvalue weighted by atomic mass is 9.96. The highest BCUT2D eigenvalue weighted by Gasteiger charge is 2.46. The largest absolute Gasteiger partial charge is 0.479 e. The molecule has 1 aromatic heterocycles. The highest BCUT2D eigenvalue weighted by Crippen LogP contribution is 2.39. The summed E-state index contributed by atoms with van der Waals surface area (Å²) < 4.78 is 6.15. The maximum absolute atomic E-state index is 12.2. The van der Waals surface area contributed by atoms with E-state index in [1.807, 2.05) is 32.9 Å². The van der Waals surface area contributed by atoms with E-state index in [1.54, 1.807) is 4.90 Å². The number of halogens is 1. The smallest absolute Gasteiger partial charge is 0.335 e. The lowest BCUT2D eigenvalue weighted by Crippen LogP contribution is -2.58. The normalized spacial score (nSPS) is 24.0. The fourth-order valence-corrected chi connectivity index (χ4v) is 3.91. The lowest BCUT2D eigenvalue weighted by molar-refractivity contribution is -0.179. The van der Waals surface area contributed by atoms with Crippen LogP contribution >= 0.6 is 27.3 Å². The first-order chi connectivity index (χ1) is 9.21. The third-order valence-corrected chi connectivity index (χ3v) is 4.77. The summed E-state index contributed by atoms with van der Waals surface area (Å²) in [6, 6.07) is 3.07. The molecule has 1 N–H and O–H groups in total. The van der Waals surface area contributed by atoms with Crippen LogP contribution < -0.4 is 0 Å². The summed E-state index contributed by atoms with van der Waals surface area (Å²) >= 11 is 4.78. The van der Waals surface area contributed by atoms with E-state index in [2.05, 4.69) is 15.9 Å². The summed E-state index contributed by atoms with van der Waals surface area (Å²) in [6.07, 6.45) is -1.04. The van der Waals surface area contributed by atoms with Gasteiger partial charge >= 0.3 is 5.97 Å². The number of carboxylic acids is 1. The fourth-order valence-electron chi connectivity index (χ4n) is 2.37. The van der Waals surface area contributed by atoms with Crippen molar-refractivity contribution in [3.63, 3.8) is 0 Å². The van der Waals surface area contributed by atoms with Gasteiger partial charge in [0.2, 0.25) is 5.91 Å². The zero-order chi connectivity index (χ0) is 15.1. The summed E-state index contributed by atoms with van der Waals surface area (Å²) in [5, 5.41) is 9.38. The second kappa shape index (κ2) is 5.46. The predicted molar refractivity (Wildman–Crippen MR) is 78.7 cm³/mol. The van der Waals surface area contributed by atoms with Gasteiger partial charge in [-0.05, 0) is 48.8 Å². The number of carbonyl (C=O) groups excluding carboxylic acids is 1. The number of ether oxygens (including phenoxy) is 1. The number of carboxylic acid groups (broad SMARTS) is 1. The van der Waals surface area contributed by atoms with E-state index in [-0.39, 0.29) is 12.5 Å². The number of rotatable bonds is 2. The van der Waals surface area contributed by atoms with E-state index in [4.69, 9.17) is 4.74 Å². The first kappa shape index (κ1) is 15.5. The van der Waals surface area contributed by atoms with Gasteiger partial charge in [-0.3, -0.25) is 4.79 Å². The zero-order valence-electron chi connectivity index (χ0n) is 11.4. The van der Waals surface area contributed by atoms with E-state index >= 15 is 0 Å². The fraction of sp³-hybridized carbons (Fsp3) is 0.538. The zero-order valence-corrected chi connectivity index (χ0v) is 13.8. The van der Waals surface area contributed by atoms with E-state index in [1.165, 1.54) is 11.3 Å². The standard InChI is InChI=1S/C13H16BrNO4S/c1-13(2,3)15-9(16)6-19-11(12(17)18)10(15)7-4-5-8(14)20-7/h4-5,10-11H,6H2,1-3H3,(H,17,18). The Bertz CT molecular complexity index is 537. The molecule has 1 aliphatic rings. The van der Waals surface area contributed by atoms with E-state index < -0.39 is 23.7 Å². The van der Waals surface area contributed by atoms with Crippen LogP contribution in [0.15, 0.2) is 15.9 Å².